The highest BCUT2D eigenvalue weighted by Crippen LogP contribution is 2.31. The summed E-state index contributed by atoms with van der Waals surface area (Å²) in [6.45, 7) is 2.07. The summed E-state index contributed by atoms with van der Waals surface area (Å²) in [4.78, 5) is 23.6. The smallest absolute Gasteiger partial charge is 0.337 e. The monoisotopic (exact) mass is 402 g/mol. The van der Waals surface area contributed by atoms with Gasteiger partial charge in [-0.15, -0.1) is 0 Å². The molecule has 28 heavy (non-hydrogen) atoms. The summed E-state index contributed by atoms with van der Waals surface area (Å²) in [5.41, 5.74) is 1.87. The van der Waals surface area contributed by atoms with Gasteiger partial charge in [0.15, 0.2) is 11.5 Å². The van der Waals surface area contributed by atoms with Gasteiger partial charge in [-0.05, 0) is 42.3 Å². The van der Waals surface area contributed by atoms with Gasteiger partial charge in [-0.2, -0.15) is 0 Å². The van der Waals surface area contributed by atoms with Crippen molar-refractivity contribution in [2.75, 3.05) is 14.2 Å². The highest BCUT2D eigenvalue weighted by atomic mass is 35.5. The quantitative estimate of drug-likeness (QED) is 0.450. The summed E-state index contributed by atoms with van der Waals surface area (Å²) in [5, 5.41) is 1.30. The first-order chi connectivity index (χ1) is 13.5. The molecule has 0 N–H and O–H groups in total. The topological polar surface area (TPSA) is 75.0 Å². The molecule has 0 saturated carbocycles. The van der Waals surface area contributed by atoms with Gasteiger partial charge in [0.1, 0.15) is 12.2 Å². The molecule has 1 heterocycles. The van der Waals surface area contributed by atoms with E-state index in [1.807, 2.05) is 6.92 Å². The van der Waals surface area contributed by atoms with Gasteiger partial charge in [-0.1, -0.05) is 18.5 Å². The molecular weight excluding hydrogens is 384 g/mol. The van der Waals surface area contributed by atoms with Crippen molar-refractivity contribution in [1.82, 2.24) is 0 Å². The molecule has 0 aliphatic heterocycles. The molecule has 0 saturated heterocycles. The fraction of sp³-hybridized carbons (Fsp3) is 0.238. The minimum atomic E-state index is -0.474. The van der Waals surface area contributed by atoms with Crippen LogP contribution < -0.4 is 15.1 Å². The molecule has 2 aromatic carbocycles. The second kappa shape index (κ2) is 8.35. The average Bonchev–Trinajstić information content (AvgIpc) is 2.71. The average molecular weight is 403 g/mol. The predicted octanol–water partition coefficient (Wildman–Crippen LogP) is 4.38. The summed E-state index contributed by atoms with van der Waals surface area (Å²) >= 11 is 6.32. The molecule has 7 heteroatoms. The van der Waals surface area contributed by atoms with Crippen molar-refractivity contribution in [3.63, 3.8) is 0 Å². The molecule has 3 rings (SSSR count). The highest BCUT2D eigenvalue weighted by molar-refractivity contribution is 6.32. The van der Waals surface area contributed by atoms with Crippen molar-refractivity contribution in [3.05, 3.63) is 68.5 Å². The number of rotatable bonds is 6. The second-order valence-corrected chi connectivity index (χ2v) is 6.44. The predicted molar refractivity (Wildman–Crippen MR) is 106 cm³/mol. The summed E-state index contributed by atoms with van der Waals surface area (Å²) in [7, 11) is 2.78. The van der Waals surface area contributed by atoms with Crippen LogP contribution in [0.4, 0.5) is 0 Å². The Morgan fingerprint density at radius 2 is 1.86 bits per heavy atom. The molecule has 6 nitrogen and oxygen atoms in total. The lowest BCUT2D eigenvalue weighted by atomic mass is 10.1. The number of esters is 1. The van der Waals surface area contributed by atoms with Crippen LogP contribution in [0.1, 0.15) is 28.4 Å². The first-order valence-corrected chi connectivity index (χ1v) is 8.99. The van der Waals surface area contributed by atoms with Crippen molar-refractivity contribution in [3.8, 4) is 11.5 Å². The first-order valence-electron chi connectivity index (χ1n) is 8.61. The Hall–Kier alpha value is -2.99. The van der Waals surface area contributed by atoms with Crippen LogP contribution in [0.2, 0.25) is 5.02 Å². The van der Waals surface area contributed by atoms with Gasteiger partial charge in [0.05, 0.1) is 19.8 Å². The van der Waals surface area contributed by atoms with E-state index in [4.69, 9.17) is 30.2 Å². The number of aryl methyl sites for hydroxylation is 1. The third-order valence-corrected chi connectivity index (χ3v) is 4.70. The minimum Gasteiger partial charge on any atom is -0.493 e. The molecular formula is C21H19ClO6. The Kier molecular flexibility index (Phi) is 5.90. The van der Waals surface area contributed by atoms with Gasteiger partial charge in [0.2, 0.25) is 0 Å². The number of hydrogen-bond acceptors (Lipinski definition) is 6. The normalized spacial score (nSPS) is 10.7. The molecule has 0 aliphatic carbocycles. The van der Waals surface area contributed by atoms with Gasteiger partial charge in [-0.25, -0.2) is 9.59 Å². The molecule has 146 valence electrons. The Morgan fingerprint density at radius 1 is 1.07 bits per heavy atom. The Labute approximate surface area is 166 Å². The number of methoxy groups -OCH3 is 2. The summed E-state index contributed by atoms with van der Waals surface area (Å²) in [6, 6.07) is 9.64. The summed E-state index contributed by atoms with van der Waals surface area (Å²) in [5.74, 6) is 0.326. The van der Waals surface area contributed by atoms with Gasteiger partial charge >= 0.3 is 11.6 Å². The van der Waals surface area contributed by atoms with Crippen molar-refractivity contribution in [2.45, 2.75) is 20.0 Å². The number of fused-ring (bicyclic) bond motifs is 1. The summed E-state index contributed by atoms with van der Waals surface area (Å²) < 4.78 is 21.1. The largest absolute Gasteiger partial charge is 0.493 e. The molecule has 0 bridgehead atoms. The molecule has 0 radical (unpaired) electrons. The molecule has 0 fully saturated rings. The molecule has 1 aromatic heterocycles. The van der Waals surface area contributed by atoms with E-state index in [2.05, 4.69) is 0 Å². The van der Waals surface area contributed by atoms with Gasteiger partial charge < -0.3 is 18.6 Å². The summed E-state index contributed by atoms with van der Waals surface area (Å²) in [6.07, 6.45) is 0.725. The van der Waals surface area contributed by atoms with Crippen LogP contribution in [0.3, 0.4) is 0 Å². The standard InChI is InChI=1S/C21H19ClO6/c1-4-12-7-18-15(10-16(12)22)14(9-20(23)28-18)11-27-17-6-5-13(21(24)26-3)8-19(17)25-2/h5-10H,4,11H2,1-3H3. The highest BCUT2D eigenvalue weighted by Gasteiger charge is 2.14. The van der Waals surface area contributed by atoms with Gasteiger partial charge in [-0.3, -0.25) is 0 Å². The van der Waals surface area contributed by atoms with Crippen molar-refractivity contribution in [2.24, 2.45) is 0 Å². The lowest BCUT2D eigenvalue weighted by Crippen LogP contribution is -2.06. The zero-order chi connectivity index (χ0) is 20.3. The number of benzene rings is 2. The molecule has 0 amide bonds. The van der Waals surface area contributed by atoms with Crippen molar-refractivity contribution < 1.29 is 23.4 Å². The molecule has 3 aromatic rings. The molecule has 0 spiro atoms. The molecule has 0 atom stereocenters. The Morgan fingerprint density at radius 3 is 2.54 bits per heavy atom. The van der Waals surface area contributed by atoms with E-state index in [-0.39, 0.29) is 6.61 Å². The number of hydrogen-bond donors (Lipinski definition) is 0. The fourth-order valence-electron chi connectivity index (χ4n) is 2.87. The number of halogens is 1. The SMILES string of the molecule is CCc1cc2oc(=O)cc(COc3ccc(C(=O)OC)cc3OC)c2cc1Cl. The molecule has 0 aliphatic rings. The van der Waals surface area contributed by atoms with Crippen LogP contribution >= 0.6 is 11.6 Å². The Bertz CT molecular complexity index is 1090. The van der Waals surface area contributed by atoms with Crippen LogP contribution in [0.15, 0.2) is 45.6 Å². The maximum absolute atomic E-state index is 11.9. The first kappa shape index (κ1) is 19.8. The lowest BCUT2D eigenvalue weighted by Gasteiger charge is -2.13. The van der Waals surface area contributed by atoms with Crippen LogP contribution in [-0.4, -0.2) is 20.2 Å². The third-order valence-electron chi connectivity index (χ3n) is 4.35. The van der Waals surface area contributed by atoms with Gasteiger partial charge in [0.25, 0.3) is 0 Å². The number of carbonyl (C=O) groups is 1. The molecule has 0 unspecified atom stereocenters. The van der Waals surface area contributed by atoms with E-state index < -0.39 is 11.6 Å². The Balaban J connectivity index is 1.94. The van der Waals surface area contributed by atoms with E-state index in [0.717, 1.165) is 12.0 Å². The zero-order valence-electron chi connectivity index (χ0n) is 15.7. The lowest BCUT2D eigenvalue weighted by molar-refractivity contribution is 0.0600. The van der Waals surface area contributed by atoms with Crippen LogP contribution in [-0.2, 0) is 17.8 Å². The van der Waals surface area contributed by atoms with Crippen LogP contribution in [0, 0.1) is 0 Å². The number of ether oxygens (including phenoxy) is 3. The third kappa shape index (κ3) is 3.97. The van der Waals surface area contributed by atoms with Gasteiger partial charge in [0, 0.05) is 22.0 Å². The van der Waals surface area contributed by atoms with E-state index in [0.29, 0.717) is 38.6 Å². The van der Waals surface area contributed by atoms with Crippen molar-refractivity contribution >= 4 is 28.5 Å². The minimum absolute atomic E-state index is 0.0951. The second-order valence-electron chi connectivity index (χ2n) is 6.03. The van der Waals surface area contributed by atoms with E-state index in [1.54, 1.807) is 24.3 Å². The van der Waals surface area contributed by atoms with E-state index >= 15 is 0 Å². The van der Waals surface area contributed by atoms with E-state index in [1.165, 1.54) is 26.4 Å². The maximum Gasteiger partial charge on any atom is 0.337 e. The maximum atomic E-state index is 11.9. The fourth-order valence-corrected chi connectivity index (χ4v) is 3.16. The van der Waals surface area contributed by atoms with Crippen molar-refractivity contribution in [1.29, 1.82) is 0 Å². The van der Waals surface area contributed by atoms with E-state index in [9.17, 15) is 9.59 Å². The number of carbonyl (C=O) groups excluding carboxylic acids is 1. The zero-order valence-corrected chi connectivity index (χ0v) is 16.5. The van der Waals surface area contributed by atoms with Crippen LogP contribution in [0.25, 0.3) is 11.0 Å². The van der Waals surface area contributed by atoms with Crippen LogP contribution in [0.5, 0.6) is 11.5 Å².